The summed E-state index contributed by atoms with van der Waals surface area (Å²) in [4.78, 5) is 0. The van der Waals surface area contributed by atoms with Gasteiger partial charge in [-0.15, -0.1) is 0 Å². The van der Waals surface area contributed by atoms with Crippen LogP contribution < -0.4 is 5.32 Å². The minimum Gasteiger partial charge on any atom is -0.316 e. The zero-order chi connectivity index (χ0) is 12.8. The van der Waals surface area contributed by atoms with E-state index in [1.54, 1.807) is 0 Å². The van der Waals surface area contributed by atoms with E-state index < -0.39 is 9.84 Å². The normalized spacial score (nSPS) is 45.1. The zero-order valence-electron chi connectivity index (χ0n) is 11.3. The summed E-state index contributed by atoms with van der Waals surface area (Å²) in [6, 6.07) is 0. The standard InChI is InChI=1S/C14H25NO2S/c1-2-4-15-10-14(7-11-6-12(11)8-14)13-3-5-18(16,17)9-13/h11-13,15H,2-10H2,1H3. The Hall–Kier alpha value is -0.0900. The molecule has 3 rings (SSSR count). The highest BCUT2D eigenvalue weighted by Crippen LogP contribution is 2.63. The van der Waals surface area contributed by atoms with Gasteiger partial charge in [-0.2, -0.15) is 0 Å². The number of hydrogen-bond donors (Lipinski definition) is 1. The number of nitrogens with one attached hydrogen (secondary N) is 1. The Morgan fingerprint density at radius 3 is 2.56 bits per heavy atom. The maximum absolute atomic E-state index is 11.7. The van der Waals surface area contributed by atoms with Crippen molar-refractivity contribution in [1.29, 1.82) is 0 Å². The van der Waals surface area contributed by atoms with E-state index in [-0.39, 0.29) is 0 Å². The molecule has 3 nitrogen and oxygen atoms in total. The van der Waals surface area contributed by atoms with Gasteiger partial charge in [0.05, 0.1) is 11.5 Å². The van der Waals surface area contributed by atoms with Gasteiger partial charge < -0.3 is 5.32 Å². The van der Waals surface area contributed by atoms with Crippen molar-refractivity contribution in [2.45, 2.75) is 39.0 Å². The number of sulfone groups is 1. The first-order valence-electron chi connectivity index (χ1n) is 7.46. The van der Waals surface area contributed by atoms with Gasteiger partial charge in [-0.3, -0.25) is 0 Å². The molecule has 0 spiro atoms. The highest BCUT2D eigenvalue weighted by Gasteiger charge is 2.57. The molecule has 2 saturated carbocycles. The second-order valence-corrected chi connectivity index (χ2v) is 9.03. The summed E-state index contributed by atoms with van der Waals surface area (Å²) in [5.41, 5.74) is 0.312. The predicted molar refractivity (Wildman–Crippen MR) is 73.2 cm³/mol. The Labute approximate surface area is 111 Å². The molecule has 3 atom stereocenters. The van der Waals surface area contributed by atoms with E-state index >= 15 is 0 Å². The van der Waals surface area contributed by atoms with Crippen LogP contribution in [-0.2, 0) is 9.84 Å². The van der Waals surface area contributed by atoms with Crippen molar-refractivity contribution in [3.05, 3.63) is 0 Å². The van der Waals surface area contributed by atoms with Crippen molar-refractivity contribution >= 4 is 9.84 Å². The lowest BCUT2D eigenvalue weighted by Crippen LogP contribution is -2.40. The van der Waals surface area contributed by atoms with E-state index in [9.17, 15) is 8.42 Å². The topological polar surface area (TPSA) is 46.2 Å². The molecule has 18 heavy (non-hydrogen) atoms. The van der Waals surface area contributed by atoms with Crippen LogP contribution in [0.3, 0.4) is 0 Å². The first kappa shape index (κ1) is 12.9. The molecule has 3 fully saturated rings. The van der Waals surface area contributed by atoms with Gasteiger partial charge in [0.1, 0.15) is 0 Å². The fourth-order valence-corrected chi connectivity index (χ4v) is 6.30. The monoisotopic (exact) mass is 271 g/mol. The summed E-state index contributed by atoms with van der Waals surface area (Å²) in [5.74, 6) is 3.18. The smallest absolute Gasteiger partial charge is 0.150 e. The van der Waals surface area contributed by atoms with E-state index in [1.165, 1.54) is 19.3 Å². The first-order valence-corrected chi connectivity index (χ1v) is 9.28. The third kappa shape index (κ3) is 2.34. The molecule has 1 N–H and O–H groups in total. The lowest BCUT2D eigenvalue weighted by molar-refractivity contribution is 0.158. The number of rotatable bonds is 5. The molecule has 0 amide bonds. The molecule has 1 aliphatic heterocycles. The van der Waals surface area contributed by atoms with Crippen LogP contribution in [0.15, 0.2) is 0 Å². The Kier molecular flexibility index (Phi) is 3.22. The molecule has 0 aromatic heterocycles. The summed E-state index contributed by atoms with van der Waals surface area (Å²) in [7, 11) is -2.73. The maximum Gasteiger partial charge on any atom is 0.150 e. The minimum absolute atomic E-state index is 0.312. The van der Waals surface area contributed by atoms with Gasteiger partial charge in [-0.25, -0.2) is 8.42 Å². The molecule has 0 aromatic rings. The lowest BCUT2D eigenvalue weighted by Gasteiger charge is -2.37. The summed E-state index contributed by atoms with van der Waals surface area (Å²) in [5, 5.41) is 3.57. The molecule has 4 heteroatoms. The molecular formula is C14H25NO2S. The zero-order valence-corrected chi connectivity index (χ0v) is 12.1. The molecule has 2 aliphatic carbocycles. The van der Waals surface area contributed by atoms with Gasteiger partial charge >= 0.3 is 0 Å². The lowest BCUT2D eigenvalue weighted by atomic mass is 9.71. The average molecular weight is 271 g/mol. The van der Waals surface area contributed by atoms with Gasteiger partial charge in [0.15, 0.2) is 9.84 Å². The molecule has 1 saturated heterocycles. The highest BCUT2D eigenvalue weighted by molar-refractivity contribution is 7.91. The first-order chi connectivity index (χ1) is 8.55. The number of hydrogen-bond acceptors (Lipinski definition) is 3. The number of fused-ring (bicyclic) bond motifs is 1. The van der Waals surface area contributed by atoms with Crippen LogP contribution in [-0.4, -0.2) is 33.0 Å². The third-order valence-corrected chi connectivity index (χ3v) is 7.18. The van der Waals surface area contributed by atoms with E-state index in [0.717, 1.165) is 37.8 Å². The molecule has 1 heterocycles. The maximum atomic E-state index is 11.7. The quantitative estimate of drug-likeness (QED) is 0.776. The second kappa shape index (κ2) is 4.48. The summed E-state index contributed by atoms with van der Waals surface area (Å²) < 4.78 is 23.5. The van der Waals surface area contributed by atoms with Crippen LogP contribution in [0, 0.1) is 23.2 Å². The van der Waals surface area contributed by atoms with Crippen LogP contribution in [0.25, 0.3) is 0 Å². The molecule has 3 aliphatic rings. The van der Waals surface area contributed by atoms with Crippen molar-refractivity contribution in [3.63, 3.8) is 0 Å². The Morgan fingerprint density at radius 1 is 1.28 bits per heavy atom. The van der Waals surface area contributed by atoms with Crippen LogP contribution in [0.2, 0.25) is 0 Å². The van der Waals surface area contributed by atoms with Gasteiger partial charge in [0.25, 0.3) is 0 Å². The molecule has 0 aromatic carbocycles. The molecule has 104 valence electrons. The van der Waals surface area contributed by atoms with Crippen LogP contribution in [0.4, 0.5) is 0 Å². The van der Waals surface area contributed by atoms with Crippen molar-refractivity contribution in [2.24, 2.45) is 23.2 Å². The predicted octanol–water partition coefficient (Wildman–Crippen LogP) is 1.84. The highest BCUT2D eigenvalue weighted by atomic mass is 32.2. The van der Waals surface area contributed by atoms with Gasteiger partial charge in [0.2, 0.25) is 0 Å². The fraction of sp³-hybridized carbons (Fsp3) is 1.00. The van der Waals surface area contributed by atoms with Crippen LogP contribution in [0.1, 0.15) is 39.0 Å². The SMILES string of the molecule is CCCNCC1(C2CCS(=O)(=O)C2)CC2CC2C1. The minimum atomic E-state index is -2.73. The Balaban J connectivity index is 1.70. The Bertz CT molecular complexity index is 408. The van der Waals surface area contributed by atoms with E-state index in [1.807, 2.05) is 0 Å². The van der Waals surface area contributed by atoms with E-state index in [0.29, 0.717) is 22.8 Å². The van der Waals surface area contributed by atoms with Crippen LogP contribution in [0.5, 0.6) is 0 Å². The van der Waals surface area contributed by atoms with E-state index in [4.69, 9.17) is 0 Å². The van der Waals surface area contributed by atoms with Crippen molar-refractivity contribution < 1.29 is 8.42 Å². The molecule has 0 radical (unpaired) electrons. The average Bonchev–Trinajstić information content (AvgIpc) is 2.76. The summed E-state index contributed by atoms with van der Waals surface area (Å²) in [6.07, 6.45) is 6.06. The molecular weight excluding hydrogens is 246 g/mol. The fourth-order valence-electron chi connectivity index (χ4n) is 4.35. The van der Waals surface area contributed by atoms with Gasteiger partial charge in [-0.1, -0.05) is 6.92 Å². The molecule has 3 unspecified atom stereocenters. The van der Waals surface area contributed by atoms with Gasteiger partial charge in [-0.05, 0) is 61.8 Å². The van der Waals surface area contributed by atoms with E-state index in [2.05, 4.69) is 12.2 Å². The summed E-state index contributed by atoms with van der Waals surface area (Å²) in [6.45, 7) is 4.30. The Morgan fingerprint density at radius 2 is 2.00 bits per heavy atom. The van der Waals surface area contributed by atoms with Crippen molar-refractivity contribution in [2.75, 3.05) is 24.6 Å². The second-order valence-electron chi connectivity index (χ2n) is 6.80. The molecule has 0 bridgehead atoms. The van der Waals surface area contributed by atoms with Crippen molar-refractivity contribution in [3.8, 4) is 0 Å². The van der Waals surface area contributed by atoms with Gasteiger partial charge in [0, 0.05) is 6.54 Å². The van der Waals surface area contributed by atoms with Crippen molar-refractivity contribution in [1.82, 2.24) is 5.32 Å². The largest absolute Gasteiger partial charge is 0.316 e. The summed E-state index contributed by atoms with van der Waals surface area (Å²) >= 11 is 0. The van der Waals surface area contributed by atoms with Crippen LogP contribution >= 0.6 is 0 Å². The third-order valence-electron chi connectivity index (χ3n) is 5.41.